The van der Waals surface area contributed by atoms with Crippen molar-refractivity contribution in [2.45, 2.75) is 85.5 Å². The molecule has 2 N–H and O–H groups in total. The number of aryl methyl sites for hydroxylation is 2. The molecule has 0 saturated carbocycles. The molecule has 0 aliphatic rings. The van der Waals surface area contributed by atoms with Gasteiger partial charge in [-0.2, -0.15) is 0 Å². The second kappa shape index (κ2) is 13.2. The van der Waals surface area contributed by atoms with Gasteiger partial charge in [0.1, 0.15) is 11.5 Å². The molecule has 33 heavy (non-hydrogen) atoms. The summed E-state index contributed by atoms with van der Waals surface area (Å²) in [4.78, 5) is 9.07. The molecule has 0 bridgehead atoms. The van der Waals surface area contributed by atoms with Crippen molar-refractivity contribution in [1.29, 1.82) is 0 Å². The number of hydrogen-bond donors (Lipinski definition) is 2. The Hall–Kier alpha value is -2.62. The van der Waals surface area contributed by atoms with E-state index in [4.69, 9.17) is 0 Å². The smallest absolute Gasteiger partial charge is 0.127 e. The molecule has 2 atom stereocenters. The van der Waals surface area contributed by atoms with Crippen LogP contribution < -0.4 is 0 Å². The minimum atomic E-state index is 0.342. The normalized spacial score (nSPS) is 13.8. The Balaban J connectivity index is 2.01. The van der Waals surface area contributed by atoms with E-state index in [0.29, 0.717) is 36.4 Å². The Morgan fingerprint density at radius 1 is 0.697 bits per heavy atom. The monoisotopic (exact) mass is 450 g/mol. The highest BCUT2D eigenvalue weighted by Crippen LogP contribution is 2.30. The molecule has 0 aromatic heterocycles. The lowest BCUT2D eigenvalue weighted by Crippen LogP contribution is -1.99. The van der Waals surface area contributed by atoms with Crippen LogP contribution >= 0.6 is 0 Å². The van der Waals surface area contributed by atoms with Crippen LogP contribution in [0.25, 0.3) is 0 Å². The molecule has 180 valence electrons. The first kappa shape index (κ1) is 26.6. The first-order chi connectivity index (χ1) is 15.9. The van der Waals surface area contributed by atoms with Crippen molar-refractivity contribution in [2.24, 2.45) is 9.98 Å². The summed E-state index contributed by atoms with van der Waals surface area (Å²) in [6.07, 6.45) is 8.13. The van der Waals surface area contributed by atoms with Crippen LogP contribution in [0, 0.1) is 0 Å². The Bertz CT molecular complexity index is 885. The van der Waals surface area contributed by atoms with Gasteiger partial charge in [0.15, 0.2) is 0 Å². The summed E-state index contributed by atoms with van der Waals surface area (Å²) < 4.78 is 0. The number of phenols is 2. The van der Waals surface area contributed by atoms with Gasteiger partial charge in [0.05, 0.1) is 0 Å². The zero-order chi connectivity index (χ0) is 24.4. The zero-order valence-corrected chi connectivity index (χ0v) is 21.4. The van der Waals surface area contributed by atoms with E-state index >= 15 is 0 Å². The summed E-state index contributed by atoms with van der Waals surface area (Å²) in [6.45, 7) is 14.2. The van der Waals surface area contributed by atoms with Crippen molar-refractivity contribution < 1.29 is 10.2 Å². The molecule has 0 aliphatic carbocycles. The first-order valence-electron chi connectivity index (χ1n) is 12.6. The Kier molecular flexibility index (Phi) is 10.6. The largest absolute Gasteiger partial charge is 0.507 e. The van der Waals surface area contributed by atoms with Crippen molar-refractivity contribution in [3.8, 4) is 11.5 Å². The van der Waals surface area contributed by atoms with Crippen LogP contribution in [0.5, 0.6) is 11.5 Å². The van der Waals surface area contributed by atoms with Crippen molar-refractivity contribution in [3.05, 3.63) is 57.6 Å². The molecule has 0 radical (unpaired) electrons. The van der Waals surface area contributed by atoms with Gasteiger partial charge in [-0.3, -0.25) is 9.98 Å². The van der Waals surface area contributed by atoms with Crippen molar-refractivity contribution in [3.63, 3.8) is 0 Å². The number of aromatic hydroxyl groups is 2. The fourth-order valence-corrected chi connectivity index (χ4v) is 3.84. The van der Waals surface area contributed by atoms with Crippen LogP contribution in [0.1, 0.15) is 106 Å². The van der Waals surface area contributed by atoms with Gasteiger partial charge in [-0.15, -0.1) is 0 Å². The van der Waals surface area contributed by atoms with E-state index in [9.17, 15) is 10.2 Å². The number of nitrogens with zero attached hydrogens (tertiary/aromatic N) is 2. The highest BCUT2D eigenvalue weighted by atomic mass is 16.3. The van der Waals surface area contributed by atoms with E-state index in [0.717, 1.165) is 54.4 Å². The maximum atomic E-state index is 10.5. The zero-order valence-electron chi connectivity index (χ0n) is 21.4. The van der Waals surface area contributed by atoms with Gasteiger partial charge in [-0.25, -0.2) is 0 Å². The third-order valence-corrected chi connectivity index (χ3v) is 6.64. The molecule has 2 unspecified atom stereocenters. The van der Waals surface area contributed by atoms with E-state index in [1.807, 2.05) is 0 Å². The van der Waals surface area contributed by atoms with E-state index in [2.05, 4.69) is 75.8 Å². The third kappa shape index (κ3) is 7.18. The quantitative estimate of drug-likeness (QED) is 0.266. The maximum absolute atomic E-state index is 10.5. The first-order valence-corrected chi connectivity index (χ1v) is 12.6. The van der Waals surface area contributed by atoms with Gasteiger partial charge in [-0.1, -0.05) is 53.7 Å². The number of benzene rings is 2. The predicted molar refractivity (Wildman–Crippen MR) is 142 cm³/mol. The predicted octanol–water partition coefficient (Wildman–Crippen LogP) is 7.18. The Morgan fingerprint density at radius 2 is 1.09 bits per heavy atom. The van der Waals surface area contributed by atoms with E-state index < -0.39 is 0 Å². The molecule has 0 aliphatic heterocycles. The van der Waals surface area contributed by atoms with Gasteiger partial charge >= 0.3 is 0 Å². The van der Waals surface area contributed by atoms with Gasteiger partial charge in [0, 0.05) is 36.6 Å². The fraction of sp³-hybridized carbons (Fsp3) is 0.517. The lowest BCUT2D eigenvalue weighted by atomic mass is 9.93. The standard InChI is InChI=1S/C29H42N2O2/c1-7-20(5)24-14-22(9-3)28(32)26(16-24)18-30-12-11-13-31-19-27-17-25(21(6)8-2)15-23(10-4)29(27)33/h14-21,32-33H,7-13H2,1-6H3. The SMILES string of the molecule is CCc1cc(C(C)CC)cc(C=NCCCN=Cc2cc(C(C)CC)cc(CC)c2O)c1O. The molecule has 2 rings (SSSR count). The van der Waals surface area contributed by atoms with Crippen molar-refractivity contribution >= 4 is 12.4 Å². The molecule has 2 aromatic carbocycles. The fourth-order valence-electron chi connectivity index (χ4n) is 3.84. The molecular weight excluding hydrogens is 408 g/mol. The summed E-state index contributed by atoms with van der Waals surface area (Å²) in [7, 11) is 0. The second-order valence-electron chi connectivity index (χ2n) is 8.99. The van der Waals surface area contributed by atoms with E-state index in [1.54, 1.807) is 12.4 Å². The maximum Gasteiger partial charge on any atom is 0.127 e. The van der Waals surface area contributed by atoms with Gasteiger partial charge < -0.3 is 10.2 Å². The Labute approximate surface area is 200 Å². The molecule has 0 spiro atoms. The third-order valence-electron chi connectivity index (χ3n) is 6.64. The number of phenolic OH excluding ortho intramolecular Hbond substituents is 2. The lowest BCUT2D eigenvalue weighted by Gasteiger charge is -2.14. The summed E-state index contributed by atoms with van der Waals surface area (Å²) in [5.41, 5.74) is 6.06. The van der Waals surface area contributed by atoms with Crippen LogP contribution in [0.15, 0.2) is 34.3 Å². The second-order valence-corrected chi connectivity index (χ2v) is 8.99. The number of rotatable bonds is 12. The number of aliphatic imine (C=N–C) groups is 2. The van der Waals surface area contributed by atoms with Crippen LogP contribution in [-0.2, 0) is 12.8 Å². The van der Waals surface area contributed by atoms with Gasteiger partial charge in [0.2, 0.25) is 0 Å². The van der Waals surface area contributed by atoms with Crippen LogP contribution in [0.2, 0.25) is 0 Å². The molecular formula is C29H42N2O2. The topological polar surface area (TPSA) is 65.2 Å². The molecule has 4 heteroatoms. The highest BCUT2D eigenvalue weighted by Gasteiger charge is 2.12. The molecule has 0 amide bonds. The van der Waals surface area contributed by atoms with Gasteiger partial charge in [-0.05, 0) is 78.3 Å². The Morgan fingerprint density at radius 3 is 1.42 bits per heavy atom. The minimum Gasteiger partial charge on any atom is -0.507 e. The number of hydrogen-bond acceptors (Lipinski definition) is 4. The summed E-state index contributed by atoms with van der Waals surface area (Å²) in [6, 6.07) is 8.35. The van der Waals surface area contributed by atoms with Crippen LogP contribution in [-0.4, -0.2) is 35.7 Å². The highest BCUT2D eigenvalue weighted by molar-refractivity contribution is 5.85. The molecule has 0 saturated heterocycles. The molecule has 4 nitrogen and oxygen atoms in total. The summed E-state index contributed by atoms with van der Waals surface area (Å²) in [5, 5.41) is 21.1. The minimum absolute atomic E-state index is 0.342. The van der Waals surface area contributed by atoms with Crippen LogP contribution in [0.3, 0.4) is 0 Å². The van der Waals surface area contributed by atoms with E-state index in [-0.39, 0.29) is 0 Å². The van der Waals surface area contributed by atoms with E-state index in [1.165, 1.54) is 11.1 Å². The van der Waals surface area contributed by atoms with Crippen LogP contribution in [0.4, 0.5) is 0 Å². The summed E-state index contributed by atoms with van der Waals surface area (Å²) in [5.74, 6) is 1.60. The van der Waals surface area contributed by atoms with Gasteiger partial charge in [0.25, 0.3) is 0 Å². The molecule has 2 aromatic rings. The summed E-state index contributed by atoms with van der Waals surface area (Å²) >= 11 is 0. The average Bonchev–Trinajstić information content (AvgIpc) is 2.83. The van der Waals surface area contributed by atoms with Crippen molar-refractivity contribution in [1.82, 2.24) is 0 Å². The lowest BCUT2D eigenvalue weighted by molar-refractivity contribution is 0.467. The average molecular weight is 451 g/mol. The van der Waals surface area contributed by atoms with Crippen molar-refractivity contribution in [2.75, 3.05) is 13.1 Å². The molecule has 0 heterocycles. The molecule has 0 fully saturated rings.